The van der Waals surface area contributed by atoms with Gasteiger partial charge < -0.3 is 0 Å². The number of fused-ring (bicyclic) bond motifs is 2. The molecule has 0 aliphatic rings. The highest BCUT2D eigenvalue weighted by Gasteiger charge is 1.98. The first-order chi connectivity index (χ1) is 6.93. The fourth-order valence-corrected chi connectivity index (χ4v) is 1.50. The van der Waals surface area contributed by atoms with E-state index in [9.17, 15) is 0 Å². The Morgan fingerprint density at radius 3 is 2.93 bits per heavy atom. The van der Waals surface area contributed by atoms with Gasteiger partial charge in [-0.3, -0.25) is 9.97 Å². The van der Waals surface area contributed by atoms with Crippen LogP contribution in [-0.4, -0.2) is 15.0 Å². The molecular formula is C11H7N3. The zero-order valence-electron chi connectivity index (χ0n) is 7.38. The summed E-state index contributed by atoms with van der Waals surface area (Å²) in [5, 5.41) is 1.08. The van der Waals surface area contributed by atoms with Crippen LogP contribution in [0, 0.1) is 0 Å². The number of aromatic nitrogens is 3. The predicted octanol–water partition coefficient (Wildman–Crippen LogP) is 2.18. The summed E-state index contributed by atoms with van der Waals surface area (Å²) in [4.78, 5) is 12.7. The topological polar surface area (TPSA) is 38.7 Å². The van der Waals surface area contributed by atoms with Gasteiger partial charge in [0, 0.05) is 17.8 Å². The van der Waals surface area contributed by atoms with Crippen molar-refractivity contribution in [3.63, 3.8) is 0 Å². The van der Waals surface area contributed by atoms with Gasteiger partial charge in [0.05, 0.1) is 22.7 Å². The van der Waals surface area contributed by atoms with Crippen LogP contribution < -0.4 is 0 Å². The summed E-state index contributed by atoms with van der Waals surface area (Å²) in [5.41, 5.74) is 2.74. The van der Waals surface area contributed by atoms with Crippen LogP contribution >= 0.6 is 0 Å². The number of nitrogens with zero attached hydrogens (tertiary/aromatic N) is 3. The summed E-state index contributed by atoms with van der Waals surface area (Å²) in [6, 6.07) is 7.81. The van der Waals surface area contributed by atoms with Gasteiger partial charge in [-0.2, -0.15) is 0 Å². The average Bonchev–Trinajstić information content (AvgIpc) is 2.26. The molecule has 0 saturated carbocycles. The van der Waals surface area contributed by atoms with Gasteiger partial charge in [-0.1, -0.05) is 0 Å². The van der Waals surface area contributed by atoms with E-state index in [0.717, 1.165) is 21.9 Å². The van der Waals surface area contributed by atoms with Crippen LogP contribution in [0.3, 0.4) is 0 Å². The Labute approximate surface area is 80.5 Å². The maximum atomic E-state index is 4.45. The van der Waals surface area contributed by atoms with Crippen molar-refractivity contribution in [1.29, 1.82) is 0 Å². The fraction of sp³-hybridized carbons (Fsp3) is 0. The molecule has 0 atom stereocenters. The molecular weight excluding hydrogens is 174 g/mol. The maximum absolute atomic E-state index is 4.45. The van der Waals surface area contributed by atoms with Crippen molar-refractivity contribution < 1.29 is 0 Å². The van der Waals surface area contributed by atoms with Crippen molar-refractivity contribution >= 4 is 21.9 Å². The van der Waals surface area contributed by atoms with Crippen LogP contribution in [0.5, 0.6) is 0 Å². The van der Waals surface area contributed by atoms with Gasteiger partial charge in [-0.15, -0.1) is 0 Å². The van der Waals surface area contributed by atoms with Crippen LogP contribution in [0.25, 0.3) is 21.9 Å². The molecule has 0 aliphatic carbocycles. The van der Waals surface area contributed by atoms with E-state index in [-0.39, 0.29) is 0 Å². The lowest BCUT2D eigenvalue weighted by Gasteiger charge is -1.98. The summed E-state index contributed by atoms with van der Waals surface area (Å²) < 4.78 is 0. The second kappa shape index (κ2) is 2.73. The molecule has 14 heavy (non-hydrogen) atoms. The molecule has 3 rings (SSSR count). The first-order valence-corrected chi connectivity index (χ1v) is 4.39. The summed E-state index contributed by atoms with van der Waals surface area (Å²) in [7, 11) is 0. The molecule has 0 fully saturated rings. The zero-order valence-corrected chi connectivity index (χ0v) is 7.38. The Balaban J connectivity index is 2.52. The van der Waals surface area contributed by atoms with Crippen LogP contribution in [0.1, 0.15) is 0 Å². The lowest BCUT2D eigenvalue weighted by atomic mass is 10.2. The molecule has 0 spiro atoms. The van der Waals surface area contributed by atoms with Crippen molar-refractivity contribution in [2.24, 2.45) is 0 Å². The minimum absolute atomic E-state index is 0.910. The van der Waals surface area contributed by atoms with Gasteiger partial charge in [0.15, 0.2) is 0 Å². The van der Waals surface area contributed by atoms with Gasteiger partial charge >= 0.3 is 0 Å². The highest BCUT2D eigenvalue weighted by atomic mass is 14.8. The quantitative estimate of drug-likeness (QED) is 0.499. The normalized spacial score (nSPS) is 10.9. The Bertz CT molecular complexity index is 499. The third kappa shape index (κ3) is 1.03. The third-order valence-electron chi connectivity index (χ3n) is 2.18. The van der Waals surface area contributed by atoms with Crippen molar-refractivity contribution in [3.05, 3.63) is 42.9 Å². The summed E-state index contributed by atoms with van der Waals surface area (Å²) in [6.45, 7) is 0. The van der Waals surface area contributed by atoms with E-state index in [4.69, 9.17) is 0 Å². The maximum Gasteiger partial charge on any atom is 0.0895 e. The number of pyridine rings is 3. The Hall–Kier alpha value is -2.03. The van der Waals surface area contributed by atoms with Gasteiger partial charge in [0.2, 0.25) is 0 Å². The molecule has 0 N–H and O–H groups in total. The van der Waals surface area contributed by atoms with E-state index in [1.165, 1.54) is 0 Å². The van der Waals surface area contributed by atoms with Gasteiger partial charge in [-0.25, -0.2) is 4.98 Å². The molecule has 0 unspecified atom stereocenters. The molecule has 66 valence electrons. The molecule has 0 radical (unpaired) electrons. The predicted molar refractivity (Wildman–Crippen MR) is 54.8 cm³/mol. The molecule has 0 aliphatic heterocycles. The van der Waals surface area contributed by atoms with Crippen molar-refractivity contribution in [2.45, 2.75) is 0 Å². The minimum Gasteiger partial charge on any atom is -0.262 e. The summed E-state index contributed by atoms with van der Waals surface area (Å²) in [5.74, 6) is 0. The molecule has 3 heterocycles. The van der Waals surface area contributed by atoms with E-state index in [1.54, 1.807) is 18.6 Å². The molecule has 3 aromatic rings. The van der Waals surface area contributed by atoms with E-state index in [1.807, 2.05) is 24.3 Å². The first-order valence-electron chi connectivity index (χ1n) is 4.39. The molecule has 3 heteroatoms. The van der Waals surface area contributed by atoms with E-state index in [0.29, 0.717) is 0 Å². The van der Waals surface area contributed by atoms with Gasteiger partial charge in [0.25, 0.3) is 0 Å². The molecule has 3 aromatic heterocycles. The van der Waals surface area contributed by atoms with Crippen LogP contribution in [0.15, 0.2) is 42.9 Å². The van der Waals surface area contributed by atoms with E-state index < -0.39 is 0 Å². The van der Waals surface area contributed by atoms with Crippen LogP contribution in [0.4, 0.5) is 0 Å². The Morgan fingerprint density at radius 1 is 0.929 bits per heavy atom. The molecule has 0 amide bonds. The van der Waals surface area contributed by atoms with E-state index in [2.05, 4.69) is 15.0 Å². The number of hydrogen-bond acceptors (Lipinski definition) is 3. The standard InChI is InChI=1S/C11H7N3/c1-2-9-10(13-4-1)6-8-3-5-12-7-11(8)14-9/h1-7H. The highest BCUT2D eigenvalue weighted by Crippen LogP contribution is 2.15. The fourth-order valence-electron chi connectivity index (χ4n) is 1.50. The summed E-state index contributed by atoms with van der Waals surface area (Å²) >= 11 is 0. The number of hydrogen-bond donors (Lipinski definition) is 0. The largest absolute Gasteiger partial charge is 0.262 e. The lowest BCUT2D eigenvalue weighted by molar-refractivity contribution is 1.32. The van der Waals surface area contributed by atoms with E-state index >= 15 is 0 Å². The third-order valence-corrected chi connectivity index (χ3v) is 2.18. The molecule has 0 saturated heterocycles. The van der Waals surface area contributed by atoms with Crippen molar-refractivity contribution in [2.75, 3.05) is 0 Å². The Morgan fingerprint density at radius 2 is 1.93 bits per heavy atom. The highest BCUT2D eigenvalue weighted by molar-refractivity contribution is 5.89. The Kier molecular flexibility index (Phi) is 1.44. The van der Waals surface area contributed by atoms with Gasteiger partial charge in [0.1, 0.15) is 0 Å². The van der Waals surface area contributed by atoms with Crippen LogP contribution in [0.2, 0.25) is 0 Å². The molecule has 3 nitrogen and oxygen atoms in total. The SMILES string of the molecule is c1cnc2cc3ccncc3nc2c1. The summed E-state index contributed by atoms with van der Waals surface area (Å²) in [6.07, 6.45) is 5.30. The van der Waals surface area contributed by atoms with Crippen molar-refractivity contribution in [3.8, 4) is 0 Å². The zero-order chi connectivity index (χ0) is 9.38. The molecule has 0 bridgehead atoms. The smallest absolute Gasteiger partial charge is 0.0895 e. The monoisotopic (exact) mass is 181 g/mol. The first kappa shape index (κ1) is 7.38. The number of rotatable bonds is 0. The minimum atomic E-state index is 0.910. The lowest BCUT2D eigenvalue weighted by Crippen LogP contribution is -1.84. The van der Waals surface area contributed by atoms with Crippen LogP contribution in [-0.2, 0) is 0 Å². The van der Waals surface area contributed by atoms with Gasteiger partial charge in [-0.05, 0) is 24.3 Å². The molecule has 0 aromatic carbocycles. The second-order valence-electron chi connectivity index (χ2n) is 3.10. The average molecular weight is 181 g/mol. The second-order valence-corrected chi connectivity index (χ2v) is 3.10. The van der Waals surface area contributed by atoms with Crippen molar-refractivity contribution in [1.82, 2.24) is 15.0 Å².